The first-order valence-electron chi connectivity index (χ1n) is 6.20. The SMILES string of the molecule is CC1(C)CCCN(C(CN)c2sccc2Br)C1. The van der Waals surface area contributed by atoms with E-state index in [0.29, 0.717) is 18.0 Å². The van der Waals surface area contributed by atoms with Crippen LogP contribution in [0.5, 0.6) is 0 Å². The number of hydrogen-bond acceptors (Lipinski definition) is 3. The molecule has 17 heavy (non-hydrogen) atoms. The van der Waals surface area contributed by atoms with Crippen molar-refractivity contribution in [2.45, 2.75) is 32.7 Å². The van der Waals surface area contributed by atoms with Gasteiger partial charge in [0.1, 0.15) is 0 Å². The molecule has 1 aliphatic heterocycles. The number of halogens is 1. The normalized spacial score (nSPS) is 22.6. The predicted octanol–water partition coefficient (Wildman–Crippen LogP) is 3.63. The van der Waals surface area contributed by atoms with Gasteiger partial charge in [0.25, 0.3) is 0 Å². The molecule has 2 N–H and O–H groups in total. The van der Waals surface area contributed by atoms with Gasteiger partial charge in [-0.1, -0.05) is 13.8 Å². The molecule has 1 aromatic heterocycles. The first-order chi connectivity index (χ1) is 8.03. The molecule has 1 saturated heterocycles. The molecule has 1 aromatic rings. The molecule has 0 aliphatic carbocycles. The van der Waals surface area contributed by atoms with Crippen molar-refractivity contribution in [1.29, 1.82) is 0 Å². The molecule has 1 atom stereocenters. The zero-order chi connectivity index (χ0) is 12.5. The van der Waals surface area contributed by atoms with E-state index in [4.69, 9.17) is 5.73 Å². The number of rotatable bonds is 3. The van der Waals surface area contributed by atoms with E-state index in [-0.39, 0.29) is 0 Å². The molecular weight excluding hydrogens is 296 g/mol. The molecule has 0 aromatic carbocycles. The molecular formula is C13H21BrN2S. The molecule has 0 spiro atoms. The minimum atomic E-state index is 0.379. The third-order valence-corrected chi connectivity index (χ3v) is 5.51. The van der Waals surface area contributed by atoms with Crippen molar-refractivity contribution in [3.63, 3.8) is 0 Å². The Morgan fingerprint density at radius 1 is 1.59 bits per heavy atom. The van der Waals surface area contributed by atoms with Crippen molar-refractivity contribution in [3.05, 3.63) is 20.8 Å². The van der Waals surface area contributed by atoms with Crippen LogP contribution in [0.25, 0.3) is 0 Å². The molecule has 2 nitrogen and oxygen atoms in total. The quantitative estimate of drug-likeness (QED) is 0.922. The maximum Gasteiger partial charge on any atom is 0.0575 e. The Labute approximate surface area is 116 Å². The van der Waals surface area contributed by atoms with Crippen LogP contribution in [0.3, 0.4) is 0 Å². The zero-order valence-corrected chi connectivity index (χ0v) is 13.0. The van der Waals surface area contributed by atoms with Crippen molar-refractivity contribution >= 4 is 27.3 Å². The average Bonchev–Trinajstić information content (AvgIpc) is 2.65. The lowest BCUT2D eigenvalue weighted by Crippen LogP contribution is -2.44. The van der Waals surface area contributed by atoms with Gasteiger partial charge in [0, 0.05) is 22.4 Å². The summed E-state index contributed by atoms with van der Waals surface area (Å²) in [6, 6.07) is 2.50. The van der Waals surface area contributed by atoms with Gasteiger partial charge in [0.05, 0.1) is 6.04 Å². The largest absolute Gasteiger partial charge is 0.329 e. The minimum Gasteiger partial charge on any atom is -0.329 e. The summed E-state index contributed by atoms with van der Waals surface area (Å²) in [4.78, 5) is 3.94. The number of likely N-dealkylation sites (tertiary alicyclic amines) is 1. The van der Waals surface area contributed by atoms with E-state index in [0.717, 1.165) is 6.54 Å². The van der Waals surface area contributed by atoms with Crippen LogP contribution in [0.15, 0.2) is 15.9 Å². The highest BCUT2D eigenvalue weighted by Crippen LogP contribution is 2.37. The lowest BCUT2D eigenvalue weighted by molar-refractivity contribution is 0.0818. The number of nitrogens with two attached hydrogens (primary N) is 1. The molecule has 2 rings (SSSR count). The van der Waals surface area contributed by atoms with Crippen LogP contribution in [-0.4, -0.2) is 24.5 Å². The molecule has 0 amide bonds. The van der Waals surface area contributed by atoms with Crippen molar-refractivity contribution in [3.8, 4) is 0 Å². The van der Waals surface area contributed by atoms with Crippen LogP contribution in [0, 0.1) is 5.41 Å². The first kappa shape index (κ1) is 13.5. The van der Waals surface area contributed by atoms with E-state index >= 15 is 0 Å². The molecule has 0 bridgehead atoms. The monoisotopic (exact) mass is 316 g/mol. The minimum absolute atomic E-state index is 0.379. The van der Waals surface area contributed by atoms with Gasteiger partial charge in [-0.25, -0.2) is 0 Å². The lowest BCUT2D eigenvalue weighted by Gasteiger charge is -2.41. The third-order valence-electron chi connectivity index (χ3n) is 3.54. The van der Waals surface area contributed by atoms with E-state index in [1.807, 2.05) is 11.3 Å². The summed E-state index contributed by atoms with van der Waals surface area (Å²) in [5.41, 5.74) is 6.42. The van der Waals surface area contributed by atoms with Crippen LogP contribution < -0.4 is 5.73 Å². The van der Waals surface area contributed by atoms with E-state index in [9.17, 15) is 0 Å². The molecule has 2 heterocycles. The van der Waals surface area contributed by atoms with Crippen LogP contribution >= 0.6 is 27.3 Å². The number of piperidine rings is 1. The maximum atomic E-state index is 6.00. The molecule has 4 heteroatoms. The predicted molar refractivity (Wildman–Crippen MR) is 78.4 cm³/mol. The second-order valence-corrected chi connectivity index (χ2v) is 7.42. The van der Waals surface area contributed by atoms with E-state index < -0.39 is 0 Å². The summed E-state index contributed by atoms with van der Waals surface area (Å²) in [5.74, 6) is 0. The number of hydrogen-bond donors (Lipinski definition) is 1. The number of thiophene rings is 1. The Bertz CT molecular complexity index is 375. The molecule has 96 valence electrons. The zero-order valence-electron chi connectivity index (χ0n) is 10.6. The number of nitrogens with zero attached hydrogens (tertiary/aromatic N) is 1. The molecule has 0 saturated carbocycles. The maximum absolute atomic E-state index is 6.00. The third kappa shape index (κ3) is 3.11. The highest BCUT2D eigenvalue weighted by molar-refractivity contribution is 9.10. The van der Waals surface area contributed by atoms with Crippen LogP contribution in [0.1, 0.15) is 37.6 Å². The molecule has 1 fully saturated rings. The van der Waals surface area contributed by atoms with E-state index in [1.165, 1.54) is 28.7 Å². The van der Waals surface area contributed by atoms with Gasteiger partial charge >= 0.3 is 0 Å². The van der Waals surface area contributed by atoms with Crippen molar-refractivity contribution in [2.24, 2.45) is 11.1 Å². The molecule has 0 radical (unpaired) electrons. The van der Waals surface area contributed by atoms with E-state index in [2.05, 4.69) is 46.1 Å². The van der Waals surface area contributed by atoms with Crippen molar-refractivity contribution < 1.29 is 0 Å². The summed E-state index contributed by atoms with van der Waals surface area (Å²) in [5, 5.41) is 2.14. The topological polar surface area (TPSA) is 29.3 Å². The summed E-state index contributed by atoms with van der Waals surface area (Å²) in [6.07, 6.45) is 2.61. The van der Waals surface area contributed by atoms with Gasteiger partial charge in [0.15, 0.2) is 0 Å². The summed E-state index contributed by atoms with van der Waals surface area (Å²) in [6.45, 7) is 7.75. The fourth-order valence-electron chi connectivity index (χ4n) is 2.70. The second-order valence-electron chi connectivity index (χ2n) is 5.62. The van der Waals surface area contributed by atoms with Crippen molar-refractivity contribution in [2.75, 3.05) is 19.6 Å². The Hall–Kier alpha value is 0.100. The smallest absolute Gasteiger partial charge is 0.0575 e. The summed E-state index contributed by atoms with van der Waals surface area (Å²) >= 11 is 5.44. The van der Waals surface area contributed by atoms with Gasteiger partial charge in [-0.3, -0.25) is 4.90 Å². The Morgan fingerprint density at radius 3 is 2.88 bits per heavy atom. The van der Waals surface area contributed by atoms with Gasteiger partial charge in [0.2, 0.25) is 0 Å². The second kappa shape index (κ2) is 5.39. The average molecular weight is 317 g/mol. The van der Waals surface area contributed by atoms with Crippen LogP contribution in [0.2, 0.25) is 0 Å². The summed E-state index contributed by atoms with van der Waals surface area (Å²) in [7, 11) is 0. The van der Waals surface area contributed by atoms with Gasteiger partial charge in [-0.05, 0) is 52.2 Å². The van der Waals surface area contributed by atoms with Gasteiger partial charge in [-0.2, -0.15) is 0 Å². The van der Waals surface area contributed by atoms with Crippen LogP contribution in [0.4, 0.5) is 0 Å². The Balaban J connectivity index is 2.16. The molecule has 1 aliphatic rings. The fraction of sp³-hybridized carbons (Fsp3) is 0.692. The van der Waals surface area contributed by atoms with Gasteiger partial charge in [-0.15, -0.1) is 11.3 Å². The van der Waals surface area contributed by atoms with E-state index in [1.54, 1.807) is 0 Å². The van der Waals surface area contributed by atoms with Crippen LogP contribution in [-0.2, 0) is 0 Å². The highest BCUT2D eigenvalue weighted by Gasteiger charge is 2.31. The highest BCUT2D eigenvalue weighted by atomic mass is 79.9. The van der Waals surface area contributed by atoms with Gasteiger partial charge < -0.3 is 5.73 Å². The standard InChI is InChI=1S/C13H21BrN2S/c1-13(2)5-3-6-16(9-13)11(8-15)12-10(14)4-7-17-12/h4,7,11H,3,5-6,8-9,15H2,1-2H3. The van der Waals surface area contributed by atoms with Crippen molar-refractivity contribution in [1.82, 2.24) is 4.90 Å². The Kier molecular flexibility index (Phi) is 4.29. The molecule has 1 unspecified atom stereocenters. The summed E-state index contributed by atoms with van der Waals surface area (Å²) < 4.78 is 1.21. The first-order valence-corrected chi connectivity index (χ1v) is 7.88. The fourth-order valence-corrected chi connectivity index (χ4v) is 4.49. The lowest BCUT2D eigenvalue weighted by atomic mass is 9.83. The Morgan fingerprint density at radius 2 is 2.35 bits per heavy atom.